The van der Waals surface area contributed by atoms with Crippen LogP contribution in [-0.4, -0.2) is 50.5 Å². The molecule has 202 valence electrons. The van der Waals surface area contributed by atoms with Gasteiger partial charge in [-0.15, -0.1) is 0 Å². The largest absolute Gasteiger partial charge is 0.355 e. The second-order valence-corrected chi connectivity index (χ2v) is 12.2. The van der Waals surface area contributed by atoms with E-state index in [9.17, 15) is 18.0 Å². The lowest BCUT2D eigenvalue weighted by molar-refractivity contribution is -0.140. The summed E-state index contributed by atoms with van der Waals surface area (Å²) in [6.07, 6.45) is 1.23. The molecule has 0 aliphatic heterocycles. The number of halogens is 3. The highest BCUT2D eigenvalue weighted by Gasteiger charge is 2.33. The molecule has 1 N–H and O–H groups in total. The molecule has 0 spiro atoms. The topological polar surface area (TPSA) is 86.8 Å². The van der Waals surface area contributed by atoms with Crippen LogP contribution in [0.25, 0.3) is 0 Å². The maximum Gasteiger partial charge on any atom is 0.244 e. The molecule has 0 radical (unpaired) electrons. The van der Waals surface area contributed by atoms with Crippen LogP contribution < -0.4 is 9.62 Å². The highest BCUT2D eigenvalue weighted by molar-refractivity contribution is 9.10. The van der Waals surface area contributed by atoms with Crippen molar-refractivity contribution < 1.29 is 18.0 Å². The summed E-state index contributed by atoms with van der Waals surface area (Å²) in [4.78, 5) is 28.7. The van der Waals surface area contributed by atoms with Crippen LogP contribution in [0.2, 0.25) is 10.0 Å². The van der Waals surface area contributed by atoms with Crippen LogP contribution in [0.5, 0.6) is 0 Å². The van der Waals surface area contributed by atoms with Crippen molar-refractivity contribution in [2.75, 3.05) is 23.7 Å². The summed E-state index contributed by atoms with van der Waals surface area (Å²) in [5.41, 5.74) is 1.70. The minimum atomic E-state index is -3.95. The van der Waals surface area contributed by atoms with E-state index in [1.165, 1.54) is 17.0 Å². The second-order valence-electron chi connectivity index (χ2n) is 8.59. The Morgan fingerprint density at radius 2 is 1.63 bits per heavy atom. The molecule has 0 unspecified atom stereocenters. The van der Waals surface area contributed by atoms with Gasteiger partial charge < -0.3 is 10.2 Å². The number of carbonyl (C=O) groups excluding carboxylic acids is 2. The van der Waals surface area contributed by atoms with Gasteiger partial charge in [0.15, 0.2) is 0 Å². The van der Waals surface area contributed by atoms with Gasteiger partial charge in [-0.3, -0.25) is 13.9 Å². The van der Waals surface area contributed by atoms with Gasteiger partial charge in [0.2, 0.25) is 21.8 Å². The zero-order valence-corrected chi connectivity index (χ0v) is 24.8. The van der Waals surface area contributed by atoms with Crippen molar-refractivity contribution in [3.05, 3.63) is 98.4 Å². The first-order valence-corrected chi connectivity index (χ1v) is 15.2. The molecule has 2 amide bonds. The maximum absolute atomic E-state index is 14.0. The normalized spacial score (nSPS) is 12.0. The number of sulfonamides is 1. The number of likely N-dealkylation sites (N-methyl/N-ethyl adjacent to an activating group) is 1. The lowest BCUT2D eigenvalue weighted by Crippen LogP contribution is -2.53. The number of carbonyl (C=O) groups is 2. The minimum absolute atomic E-state index is 0.00972. The van der Waals surface area contributed by atoms with Crippen molar-refractivity contribution in [1.82, 2.24) is 10.2 Å². The van der Waals surface area contributed by atoms with Gasteiger partial charge in [-0.05, 0) is 42.3 Å². The molecule has 7 nitrogen and oxygen atoms in total. The molecule has 1 atom stereocenters. The van der Waals surface area contributed by atoms with E-state index >= 15 is 0 Å². The third-order valence-electron chi connectivity index (χ3n) is 5.74. The molecule has 0 fully saturated rings. The fourth-order valence-corrected chi connectivity index (χ4v) is 5.71. The number of rotatable bonds is 11. The van der Waals surface area contributed by atoms with E-state index in [0.717, 1.165) is 26.2 Å². The molecule has 0 aliphatic carbocycles. The van der Waals surface area contributed by atoms with Crippen LogP contribution in [-0.2, 0) is 32.6 Å². The highest BCUT2D eigenvalue weighted by atomic mass is 79.9. The summed E-state index contributed by atoms with van der Waals surface area (Å²) >= 11 is 15.9. The Morgan fingerprint density at radius 1 is 0.974 bits per heavy atom. The van der Waals surface area contributed by atoms with Crippen molar-refractivity contribution in [3.8, 4) is 0 Å². The lowest BCUT2D eigenvalue weighted by Gasteiger charge is -2.33. The van der Waals surface area contributed by atoms with E-state index in [1.807, 2.05) is 54.6 Å². The molecule has 0 aliphatic rings. The molecule has 0 saturated carbocycles. The number of nitrogens with zero attached hydrogens (tertiary/aromatic N) is 2. The third kappa shape index (κ3) is 7.96. The fraction of sp³-hybridized carbons (Fsp3) is 0.259. The Balaban J connectivity index is 2.07. The van der Waals surface area contributed by atoms with Gasteiger partial charge in [-0.25, -0.2) is 8.42 Å². The number of anilines is 1. The van der Waals surface area contributed by atoms with E-state index in [2.05, 4.69) is 21.2 Å². The SMILES string of the molecule is CCNC(=O)[C@H](Cc1ccccc1)N(Cc1cccc(Br)c1)C(=O)CN(c1cccc(Cl)c1Cl)S(C)(=O)=O. The molecular formula is C27H28BrCl2N3O4S. The molecule has 0 saturated heterocycles. The Bertz CT molecular complexity index is 1390. The summed E-state index contributed by atoms with van der Waals surface area (Å²) in [5, 5.41) is 2.98. The van der Waals surface area contributed by atoms with Crippen molar-refractivity contribution in [2.24, 2.45) is 0 Å². The standard InChI is InChI=1S/C27H28BrCl2N3O4S/c1-3-31-27(35)24(16-19-9-5-4-6-10-19)32(17-20-11-7-12-21(28)15-20)25(34)18-33(38(2,36)37)23-14-8-13-22(29)26(23)30/h4-15,24H,3,16-18H2,1-2H3,(H,31,35)/t24-/m0/s1. The monoisotopic (exact) mass is 639 g/mol. The van der Waals surface area contributed by atoms with Crippen molar-refractivity contribution >= 4 is 66.7 Å². The summed E-state index contributed by atoms with van der Waals surface area (Å²) < 4.78 is 27.4. The average Bonchev–Trinajstić information content (AvgIpc) is 2.86. The van der Waals surface area contributed by atoms with Crippen molar-refractivity contribution in [1.29, 1.82) is 0 Å². The fourth-order valence-electron chi connectivity index (χ4n) is 3.96. The lowest BCUT2D eigenvalue weighted by atomic mass is 10.0. The zero-order chi connectivity index (χ0) is 27.9. The number of nitrogens with one attached hydrogen (secondary N) is 1. The number of amides is 2. The first kappa shape index (κ1) is 30.0. The summed E-state index contributed by atoms with van der Waals surface area (Å²) in [6, 6.07) is 20.4. The van der Waals surface area contributed by atoms with E-state index in [0.29, 0.717) is 6.54 Å². The summed E-state index contributed by atoms with van der Waals surface area (Å²) in [5.74, 6) is -0.912. The third-order valence-corrected chi connectivity index (χ3v) is 8.17. The predicted molar refractivity (Wildman–Crippen MR) is 156 cm³/mol. The Kier molecular flexibility index (Phi) is 10.6. The van der Waals surface area contributed by atoms with Crippen molar-refractivity contribution in [2.45, 2.75) is 25.9 Å². The first-order valence-electron chi connectivity index (χ1n) is 11.8. The van der Waals surface area contributed by atoms with Crippen molar-refractivity contribution in [3.63, 3.8) is 0 Å². The van der Waals surface area contributed by atoms with Crippen LogP contribution in [0, 0.1) is 0 Å². The minimum Gasteiger partial charge on any atom is -0.355 e. The molecule has 0 bridgehead atoms. The van der Waals surface area contributed by atoms with Gasteiger partial charge in [0.1, 0.15) is 12.6 Å². The molecule has 3 rings (SSSR count). The second kappa shape index (κ2) is 13.5. The molecule has 3 aromatic rings. The molecule has 38 heavy (non-hydrogen) atoms. The van der Waals surface area contributed by atoms with Crippen LogP contribution >= 0.6 is 39.1 Å². The van der Waals surface area contributed by atoms with Gasteiger partial charge in [-0.1, -0.05) is 87.7 Å². The maximum atomic E-state index is 14.0. The highest BCUT2D eigenvalue weighted by Crippen LogP contribution is 2.34. The average molecular weight is 641 g/mol. The zero-order valence-electron chi connectivity index (χ0n) is 20.9. The van der Waals surface area contributed by atoms with Crippen LogP contribution in [0.3, 0.4) is 0 Å². The molecule has 3 aromatic carbocycles. The first-order chi connectivity index (χ1) is 18.0. The van der Waals surface area contributed by atoms with Gasteiger partial charge in [0, 0.05) is 24.0 Å². The van der Waals surface area contributed by atoms with Gasteiger partial charge in [0.05, 0.1) is 22.0 Å². The van der Waals surface area contributed by atoms with Gasteiger partial charge in [-0.2, -0.15) is 0 Å². The van der Waals surface area contributed by atoms with Gasteiger partial charge in [0.25, 0.3) is 0 Å². The molecule has 0 heterocycles. The quantitative estimate of drug-likeness (QED) is 0.308. The van der Waals surface area contributed by atoms with E-state index in [-0.39, 0.29) is 34.6 Å². The predicted octanol–water partition coefficient (Wildman–Crippen LogP) is 5.30. The van der Waals surface area contributed by atoms with Crippen LogP contribution in [0.4, 0.5) is 5.69 Å². The van der Waals surface area contributed by atoms with Gasteiger partial charge >= 0.3 is 0 Å². The Labute approximate surface area is 241 Å². The molecule has 11 heteroatoms. The van der Waals surface area contributed by atoms with E-state index < -0.39 is 28.5 Å². The van der Waals surface area contributed by atoms with E-state index in [1.54, 1.807) is 13.0 Å². The van der Waals surface area contributed by atoms with E-state index in [4.69, 9.17) is 23.2 Å². The Morgan fingerprint density at radius 3 is 2.26 bits per heavy atom. The molecular weight excluding hydrogens is 613 g/mol. The number of hydrogen-bond donors (Lipinski definition) is 1. The summed E-state index contributed by atoms with van der Waals surface area (Å²) in [7, 11) is -3.95. The smallest absolute Gasteiger partial charge is 0.244 e. The number of benzene rings is 3. The summed E-state index contributed by atoms with van der Waals surface area (Å²) in [6.45, 7) is 1.67. The van der Waals surface area contributed by atoms with Crippen LogP contribution in [0.15, 0.2) is 77.3 Å². The van der Waals surface area contributed by atoms with Crippen LogP contribution in [0.1, 0.15) is 18.1 Å². The Hall–Kier alpha value is -2.59. The molecule has 0 aromatic heterocycles. The number of hydrogen-bond acceptors (Lipinski definition) is 4.